The van der Waals surface area contributed by atoms with Gasteiger partial charge in [-0.2, -0.15) is 0 Å². The normalized spacial score (nSPS) is 17.0. The van der Waals surface area contributed by atoms with Crippen molar-refractivity contribution in [2.24, 2.45) is 0 Å². The highest BCUT2D eigenvalue weighted by molar-refractivity contribution is 5.84. The lowest BCUT2D eigenvalue weighted by atomic mass is 9.98. The zero-order chi connectivity index (χ0) is 21.1. The van der Waals surface area contributed by atoms with E-state index in [0.717, 1.165) is 53.2 Å². The van der Waals surface area contributed by atoms with Crippen molar-refractivity contribution in [2.75, 3.05) is 13.7 Å². The second-order valence-corrected chi connectivity index (χ2v) is 7.97. The van der Waals surface area contributed by atoms with Gasteiger partial charge in [0.1, 0.15) is 5.75 Å². The zero-order valence-electron chi connectivity index (χ0n) is 17.8. The van der Waals surface area contributed by atoms with Crippen molar-refractivity contribution in [3.63, 3.8) is 0 Å². The number of methoxy groups -OCH3 is 1. The molecule has 0 saturated carbocycles. The van der Waals surface area contributed by atoms with Gasteiger partial charge in [0, 0.05) is 12.2 Å². The fourth-order valence-corrected chi connectivity index (χ4v) is 4.29. The lowest BCUT2D eigenvalue weighted by Gasteiger charge is -2.28. The monoisotopic (exact) mass is 400 g/mol. The Balaban J connectivity index is 1.62. The Morgan fingerprint density at radius 3 is 2.50 bits per heavy atom. The zero-order valence-corrected chi connectivity index (χ0v) is 17.8. The highest BCUT2D eigenvalue weighted by Crippen LogP contribution is 2.35. The molecule has 3 aromatic rings. The van der Waals surface area contributed by atoms with Crippen molar-refractivity contribution in [3.05, 3.63) is 83.7 Å². The topological polar surface area (TPSA) is 42.4 Å². The molecule has 2 heterocycles. The van der Waals surface area contributed by atoms with Gasteiger partial charge in [-0.15, -0.1) is 0 Å². The smallest absolute Gasteiger partial charge is 0.230 e. The number of aromatic nitrogens is 1. The standard InChI is InChI=1S/C26H28N2O2/c1-18-16-22(21-11-13-23(30-3)14-12-21)17-24(27-18)25-10-7-15-28(25)26(29)19(2)20-8-5-4-6-9-20/h4-6,8-9,11-14,16-17,19,25H,7,10,15H2,1-3H3/t19-,25+/m0/s1. The lowest BCUT2D eigenvalue weighted by molar-refractivity contribution is -0.133. The first-order valence-corrected chi connectivity index (χ1v) is 10.6. The van der Waals surface area contributed by atoms with E-state index in [0.29, 0.717) is 0 Å². The quantitative estimate of drug-likeness (QED) is 0.565. The third kappa shape index (κ3) is 4.09. The van der Waals surface area contributed by atoms with Gasteiger partial charge in [-0.05, 0) is 67.6 Å². The van der Waals surface area contributed by atoms with Gasteiger partial charge in [-0.1, -0.05) is 42.5 Å². The summed E-state index contributed by atoms with van der Waals surface area (Å²) in [5.74, 6) is 0.864. The van der Waals surface area contributed by atoms with Gasteiger partial charge in [0.25, 0.3) is 0 Å². The predicted octanol–water partition coefficient (Wildman–Crippen LogP) is 5.53. The van der Waals surface area contributed by atoms with Crippen LogP contribution in [0.1, 0.15) is 48.7 Å². The van der Waals surface area contributed by atoms with E-state index in [1.807, 2.05) is 61.2 Å². The molecule has 4 nitrogen and oxygen atoms in total. The summed E-state index contributed by atoms with van der Waals surface area (Å²) in [6.07, 6.45) is 1.96. The van der Waals surface area contributed by atoms with Crippen molar-refractivity contribution >= 4 is 5.91 Å². The fourth-order valence-electron chi connectivity index (χ4n) is 4.29. The predicted molar refractivity (Wildman–Crippen MR) is 120 cm³/mol. The molecule has 1 saturated heterocycles. The van der Waals surface area contributed by atoms with Crippen molar-refractivity contribution < 1.29 is 9.53 Å². The molecule has 0 N–H and O–H groups in total. The summed E-state index contributed by atoms with van der Waals surface area (Å²) < 4.78 is 5.28. The number of likely N-dealkylation sites (tertiary alicyclic amines) is 1. The van der Waals surface area contributed by atoms with Crippen LogP contribution in [0.15, 0.2) is 66.7 Å². The Kier molecular flexibility index (Phi) is 5.84. The molecule has 0 aliphatic carbocycles. The highest BCUT2D eigenvalue weighted by Gasteiger charge is 2.33. The molecule has 1 aliphatic heterocycles. The molecule has 30 heavy (non-hydrogen) atoms. The Hall–Kier alpha value is -3.14. The van der Waals surface area contributed by atoms with E-state index in [9.17, 15) is 4.79 Å². The van der Waals surface area contributed by atoms with Gasteiger partial charge in [0.05, 0.1) is 24.8 Å². The van der Waals surface area contributed by atoms with E-state index < -0.39 is 0 Å². The van der Waals surface area contributed by atoms with Gasteiger partial charge in [-0.25, -0.2) is 0 Å². The van der Waals surface area contributed by atoms with Crippen LogP contribution >= 0.6 is 0 Å². The molecule has 0 unspecified atom stereocenters. The average Bonchev–Trinajstić information content (AvgIpc) is 3.28. The van der Waals surface area contributed by atoms with Gasteiger partial charge in [0.15, 0.2) is 0 Å². The van der Waals surface area contributed by atoms with Gasteiger partial charge >= 0.3 is 0 Å². The van der Waals surface area contributed by atoms with E-state index in [2.05, 4.69) is 24.3 Å². The third-order valence-electron chi connectivity index (χ3n) is 5.94. The maximum Gasteiger partial charge on any atom is 0.230 e. The number of amides is 1. The van der Waals surface area contributed by atoms with E-state index in [1.54, 1.807) is 7.11 Å². The molecule has 0 spiro atoms. The van der Waals surface area contributed by atoms with Crippen molar-refractivity contribution in [1.29, 1.82) is 0 Å². The molecule has 1 fully saturated rings. The number of carbonyl (C=O) groups is 1. The van der Waals surface area contributed by atoms with Crippen LogP contribution in [0.2, 0.25) is 0 Å². The molecule has 4 heteroatoms. The van der Waals surface area contributed by atoms with E-state index in [4.69, 9.17) is 9.72 Å². The minimum Gasteiger partial charge on any atom is -0.497 e. The number of hydrogen-bond acceptors (Lipinski definition) is 3. The molecule has 154 valence electrons. The first-order chi connectivity index (χ1) is 14.6. The van der Waals surface area contributed by atoms with Crippen LogP contribution in [0.5, 0.6) is 5.75 Å². The molecular formula is C26H28N2O2. The van der Waals surface area contributed by atoms with Crippen LogP contribution in [0.3, 0.4) is 0 Å². The number of nitrogens with zero attached hydrogens (tertiary/aromatic N) is 2. The second-order valence-electron chi connectivity index (χ2n) is 7.97. The highest BCUT2D eigenvalue weighted by atomic mass is 16.5. The third-order valence-corrected chi connectivity index (χ3v) is 5.94. The largest absolute Gasteiger partial charge is 0.497 e. The second kappa shape index (κ2) is 8.70. The minimum absolute atomic E-state index is 0.0283. The lowest BCUT2D eigenvalue weighted by Crippen LogP contribution is -2.34. The Labute approximate surface area is 178 Å². The number of carbonyl (C=O) groups excluding carboxylic acids is 1. The number of benzene rings is 2. The summed E-state index contributed by atoms with van der Waals surface area (Å²) in [6, 6.07) is 22.3. The van der Waals surface area contributed by atoms with Crippen molar-refractivity contribution in [1.82, 2.24) is 9.88 Å². The van der Waals surface area contributed by atoms with E-state index in [1.165, 1.54) is 0 Å². The molecule has 2 aromatic carbocycles. The number of rotatable bonds is 5. The van der Waals surface area contributed by atoms with Crippen LogP contribution in [-0.2, 0) is 4.79 Å². The molecule has 1 aromatic heterocycles. The number of aryl methyl sites for hydroxylation is 1. The van der Waals surface area contributed by atoms with E-state index >= 15 is 0 Å². The molecule has 1 aliphatic rings. The number of pyridine rings is 1. The van der Waals surface area contributed by atoms with Gasteiger partial charge in [-0.3, -0.25) is 9.78 Å². The SMILES string of the molecule is COc1ccc(-c2cc(C)nc([C@H]3CCCN3C(=O)[C@@H](C)c3ccccc3)c2)cc1. The first kappa shape index (κ1) is 20.1. The maximum absolute atomic E-state index is 13.3. The Morgan fingerprint density at radius 1 is 1.07 bits per heavy atom. The first-order valence-electron chi connectivity index (χ1n) is 10.6. The molecule has 0 bridgehead atoms. The summed E-state index contributed by atoms with van der Waals surface area (Å²) in [7, 11) is 1.67. The van der Waals surface area contributed by atoms with Crippen LogP contribution in [0.25, 0.3) is 11.1 Å². The van der Waals surface area contributed by atoms with Gasteiger partial charge in [0.2, 0.25) is 5.91 Å². The van der Waals surface area contributed by atoms with Crippen LogP contribution < -0.4 is 4.74 Å². The minimum atomic E-state index is -0.155. The van der Waals surface area contributed by atoms with Crippen LogP contribution in [-0.4, -0.2) is 29.4 Å². The summed E-state index contributed by atoms with van der Waals surface area (Å²) >= 11 is 0. The summed E-state index contributed by atoms with van der Waals surface area (Å²) in [6.45, 7) is 4.80. The average molecular weight is 401 g/mol. The van der Waals surface area contributed by atoms with Crippen LogP contribution in [0.4, 0.5) is 0 Å². The molecule has 4 rings (SSSR count). The van der Waals surface area contributed by atoms with Crippen molar-refractivity contribution in [3.8, 4) is 16.9 Å². The summed E-state index contributed by atoms with van der Waals surface area (Å²) in [4.78, 5) is 20.2. The molecular weight excluding hydrogens is 372 g/mol. The maximum atomic E-state index is 13.3. The molecule has 2 atom stereocenters. The molecule has 1 amide bonds. The summed E-state index contributed by atoms with van der Waals surface area (Å²) in [5.41, 5.74) is 5.25. The number of ether oxygens (including phenoxy) is 1. The van der Waals surface area contributed by atoms with Crippen molar-refractivity contribution in [2.45, 2.75) is 38.6 Å². The number of hydrogen-bond donors (Lipinski definition) is 0. The summed E-state index contributed by atoms with van der Waals surface area (Å²) in [5, 5.41) is 0. The van der Waals surface area contributed by atoms with E-state index in [-0.39, 0.29) is 17.9 Å². The Bertz CT molecular complexity index is 1010. The van der Waals surface area contributed by atoms with Crippen LogP contribution in [0, 0.1) is 6.92 Å². The molecule has 0 radical (unpaired) electrons. The fraction of sp³-hybridized carbons (Fsp3) is 0.308. The Morgan fingerprint density at radius 2 is 1.80 bits per heavy atom. The van der Waals surface area contributed by atoms with Gasteiger partial charge < -0.3 is 9.64 Å².